The average molecular weight is 405 g/mol. The van der Waals surface area contributed by atoms with Crippen LogP contribution in [0.2, 0.25) is 10.0 Å². The molecule has 3 nitrogen and oxygen atoms in total. The highest BCUT2D eigenvalue weighted by atomic mass is 35.5. The van der Waals surface area contributed by atoms with Gasteiger partial charge in [0.1, 0.15) is 12.5 Å². The van der Waals surface area contributed by atoms with E-state index in [0.29, 0.717) is 10.0 Å². The summed E-state index contributed by atoms with van der Waals surface area (Å²) in [4.78, 5) is 15.2. The van der Waals surface area contributed by atoms with Gasteiger partial charge in [-0.1, -0.05) is 29.3 Å². The van der Waals surface area contributed by atoms with Crippen LogP contribution in [-0.4, -0.2) is 29.9 Å². The Morgan fingerprint density at radius 1 is 1.33 bits per heavy atom. The van der Waals surface area contributed by atoms with Gasteiger partial charge in [0, 0.05) is 28.0 Å². The van der Waals surface area contributed by atoms with Crippen LogP contribution in [0, 0.1) is 0 Å². The molecule has 0 N–H and O–H groups in total. The van der Waals surface area contributed by atoms with Crippen molar-refractivity contribution in [1.29, 1.82) is 0 Å². The van der Waals surface area contributed by atoms with Crippen molar-refractivity contribution < 1.29 is 9.53 Å². The number of thiophene rings is 1. The molecular weight excluding hydrogens is 389 g/mol. The first-order valence-electron chi connectivity index (χ1n) is 7.54. The molecule has 1 atom stereocenters. The zero-order chi connectivity index (χ0) is 17.1. The second kappa shape index (κ2) is 8.07. The molecule has 0 radical (unpaired) electrons. The van der Waals surface area contributed by atoms with E-state index in [4.69, 9.17) is 39.5 Å². The summed E-state index contributed by atoms with van der Waals surface area (Å²) in [7, 11) is 0. The molecule has 3 rings (SSSR count). The van der Waals surface area contributed by atoms with Crippen molar-refractivity contribution in [2.24, 2.45) is 0 Å². The van der Waals surface area contributed by atoms with Crippen LogP contribution in [0.1, 0.15) is 22.0 Å². The van der Waals surface area contributed by atoms with Gasteiger partial charge in [-0.3, -0.25) is 9.69 Å². The molecule has 0 spiro atoms. The van der Waals surface area contributed by atoms with Gasteiger partial charge in [-0.25, -0.2) is 0 Å². The molecule has 1 aliphatic heterocycles. The minimum Gasteiger partial charge on any atom is -0.463 e. The monoisotopic (exact) mass is 403 g/mol. The molecule has 1 aromatic carbocycles. The number of halogens is 3. The van der Waals surface area contributed by atoms with Crippen LogP contribution >= 0.6 is 46.1 Å². The zero-order valence-corrected chi connectivity index (χ0v) is 15.9. The van der Waals surface area contributed by atoms with Crippen LogP contribution in [0.4, 0.5) is 0 Å². The van der Waals surface area contributed by atoms with Crippen LogP contribution in [0.3, 0.4) is 0 Å². The summed E-state index contributed by atoms with van der Waals surface area (Å²) < 4.78 is 5.31. The Kier molecular flexibility index (Phi) is 6.06. The van der Waals surface area contributed by atoms with Gasteiger partial charge in [-0.05, 0) is 41.1 Å². The van der Waals surface area contributed by atoms with E-state index in [9.17, 15) is 4.79 Å². The predicted molar refractivity (Wildman–Crippen MR) is 99.3 cm³/mol. The number of rotatable bonds is 5. The first-order chi connectivity index (χ1) is 11.6. The molecule has 128 valence electrons. The Hall–Kier alpha value is -0.780. The zero-order valence-electron chi connectivity index (χ0n) is 12.8. The predicted octanol–water partition coefficient (Wildman–Crippen LogP) is 4.94. The largest absolute Gasteiger partial charge is 0.463 e. The van der Waals surface area contributed by atoms with Gasteiger partial charge in [-0.2, -0.15) is 0 Å². The van der Waals surface area contributed by atoms with Crippen molar-refractivity contribution in [2.45, 2.75) is 19.0 Å². The molecule has 0 fully saturated rings. The van der Waals surface area contributed by atoms with E-state index in [1.165, 1.54) is 10.4 Å². The lowest BCUT2D eigenvalue weighted by Gasteiger charge is -2.35. The maximum absolute atomic E-state index is 11.5. The molecule has 0 saturated carbocycles. The highest BCUT2D eigenvalue weighted by Crippen LogP contribution is 2.34. The summed E-state index contributed by atoms with van der Waals surface area (Å²) in [5.41, 5.74) is 2.23. The van der Waals surface area contributed by atoms with Crippen molar-refractivity contribution in [3.8, 4) is 0 Å². The first-order valence-corrected chi connectivity index (χ1v) is 9.71. The third-order valence-electron chi connectivity index (χ3n) is 4.11. The van der Waals surface area contributed by atoms with Crippen molar-refractivity contribution in [3.63, 3.8) is 0 Å². The number of hydrogen-bond donors (Lipinski definition) is 0. The van der Waals surface area contributed by atoms with E-state index in [1.54, 1.807) is 23.5 Å². The number of ether oxygens (including phenoxy) is 1. The number of alkyl halides is 1. The number of hydrogen-bond acceptors (Lipinski definition) is 4. The molecule has 2 aromatic rings. The third kappa shape index (κ3) is 4.06. The Labute approximate surface area is 160 Å². The lowest BCUT2D eigenvalue weighted by Crippen LogP contribution is -2.36. The van der Waals surface area contributed by atoms with E-state index in [0.717, 1.165) is 25.1 Å². The highest BCUT2D eigenvalue weighted by molar-refractivity contribution is 7.10. The molecule has 2 heterocycles. The van der Waals surface area contributed by atoms with Gasteiger partial charge >= 0.3 is 5.97 Å². The SMILES string of the molecule is O=C(CCl)OCC(c1ccc(Cl)cc1Cl)N1CCc2sccc2C1. The van der Waals surface area contributed by atoms with Crippen LogP contribution in [-0.2, 0) is 22.5 Å². The van der Waals surface area contributed by atoms with Crippen molar-refractivity contribution in [1.82, 2.24) is 4.90 Å². The minimum absolute atomic E-state index is 0.130. The van der Waals surface area contributed by atoms with E-state index < -0.39 is 5.97 Å². The normalized spacial score (nSPS) is 15.8. The molecule has 7 heteroatoms. The summed E-state index contributed by atoms with van der Waals surface area (Å²) in [5, 5.41) is 3.27. The van der Waals surface area contributed by atoms with Gasteiger partial charge in [0.2, 0.25) is 0 Å². The summed E-state index contributed by atoms with van der Waals surface area (Å²) in [6.07, 6.45) is 0.984. The maximum Gasteiger partial charge on any atom is 0.320 e. The second-order valence-corrected chi connectivity index (χ2v) is 7.70. The Balaban J connectivity index is 1.86. The number of nitrogens with zero attached hydrogens (tertiary/aromatic N) is 1. The molecule has 0 amide bonds. The molecule has 0 saturated heterocycles. The quantitative estimate of drug-likeness (QED) is 0.522. The van der Waals surface area contributed by atoms with Crippen LogP contribution < -0.4 is 0 Å². The van der Waals surface area contributed by atoms with Crippen molar-refractivity contribution in [3.05, 3.63) is 55.7 Å². The van der Waals surface area contributed by atoms with Gasteiger partial charge in [0.25, 0.3) is 0 Å². The minimum atomic E-state index is -0.431. The van der Waals surface area contributed by atoms with E-state index in [-0.39, 0.29) is 18.5 Å². The first kappa shape index (κ1) is 18.0. The molecule has 1 aromatic heterocycles. The Morgan fingerprint density at radius 2 is 2.17 bits per heavy atom. The molecule has 1 aliphatic rings. The van der Waals surface area contributed by atoms with Gasteiger partial charge in [-0.15, -0.1) is 22.9 Å². The van der Waals surface area contributed by atoms with Crippen LogP contribution in [0.5, 0.6) is 0 Å². The number of carbonyl (C=O) groups excluding carboxylic acids is 1. The molecule has 0 aliphatic carbocycles. The van der Waals surface area contributed by atoms with E-state index in [1.807, 2.05) is 6.07 Å². The molecule has 0 bridgehead atoms. The van der Waals surface area contributed by atoms with E-state index in [2.05, 4.69) is 16.3 Å². The second-order valence-electron chi connectivity index (χ2n) is 5.59. The topological polar surface area (TPSA) is 29.5 Å². The van der Waals surface area contributed by atoms with Gasteiger partial charge < -0.3 is 4.74 Å². The fraction of sp³-hybridized carbons (Fsp3) is 0.353. The summed E-state index contributed by atoms with van der Waals surface area (Å²) >= 11 is 19.7. The number of benzene rings is 1. The molecule has 24 heavy (non-hydrogen) atoms. The number of carbonyl (C=O) groups is 1. The third-order valence-corrected chi connectivity index (χ3v) is 5.91. The summed E-state index contributed by atoms with van der Waals surface area (Å²) in [6, 6.07) is 7.44. The van der Waals surface area contributed by atoms with Crippen molar-refractivity contribution >= 4 is 52.1 Å². The maximum atomic E-state index is 11.5. The summed E-state index contributed by atoms with van der Waals surface area (Å²) in [6.45, 7) is 1.91. The smallest absolute Gasteiger partial charge is 0.320 e. The fourth-order valence-electron chi connectivity index (χ4n) is 2.91. The Morgan fingerprint density at radius 3 is 2.92 bits per heavy atom. The van der Waals surface area contributed by atoms with Crippen LogP contribution in [0.15, 0.2) is 29.6 Å². The summed E-state index contributed by atoms with van der Waals surface area (Å²) in [5.74, 6) is -0.588. The van der Waals surface area contributed by atoms with Gasteiger partial charge in [0.05, 0.1) is 6.04 Å². The average Bonchev–Trinajstić information content (AvgIpc) is 3.04. The molecular formula is C17H16Cl3NO2S. The van der Waals surface area contributed by atoms with Crippen LogP contribution in [0.25, 0.3) is 0 Å². The van der Waals surface area contributed by atoms with Crippen molar-refractivity contribution in [2.75, 3.05) is 19.0 Å². The fourth-order valence-corrected chi connectivity index (χ4v) is 4.41. The standard InChI is InChI=1S/C17H16Cl3NO2S/c18-8-17(22)23-10-15(13-2-1-12(19)7-14(13)20)21-5-3-16-11(9-21)4-6-24-16/h1-2,4,6-7,15H,3,5,8-10H2. The highest BCUT2D eigenvalue weighted by Gasteiger charge is 2.28. The Bertz CT molecular complexity index is 734. The van der Waals surface area contributed by atoms with Gasteiger partial charge in [0.15, 0.2) is 0 Å². The number of esters is 1. The van der Waals surface area contributed by atoms with E-state index >= 15 is 0 Å². The lowest BCUT2D eigenvalue weighted by molar-refractivity contribution is -0.142. The number of fused-ring (bicyclic) bond motifs is 1. The lowest BCUT2D eigenvalue weighted by atomic mass is 10.0. The molecule has 1 unspecified atom stereocenters.